The van der Waals surface area contributed by atoms with Crippen molar-refractivity contribution in [3.63, 3.8) is 0 Å². The van der Waals surface area contributed by atoms with Gasteiger partial charge in [-0.3, -0.25) is 9.78 Å². The summed E-state index contributed by atoms with van der Waals surface area (Å²) in [5.74, 6) is 0.0216. The minimum absolute atomic E-state index is 0.0216. The molecule has 0 saturated heterocycles. The summed E-state index contributed by atoms with van der Waals surface area (Å²) in [6.45, 7) is 0. The lowest BCUT2D eigenvalue weighted by Crippen LogP contribution is -2.38. The molecule has 1 amide bonds. The number of pyridine rings is 1. The van der Waals surface area contributed by atoms with Crippen LogP contribution in [0, 0.1) is 0 Å². The maximum absolute atomic E-state index is 12.6. The third-order valence-electron chi connectivity index (χ3n) is 5.26. The van der Waals surface area contributed by atoms with Gasteiger partial charge in [-0.05, 0) is 69.1 Å². The van der Waals surface area contributed by atoms with Crippen molar-refractivity contribution in [1.82, 2.24) is 20.3 Å². The summed E-state index contributed by atoms with van der Waals surface area (Å²) in [6.07, 6.45) is 14.0. The van der Waals surface area contributed by atoms with Crippen LogP contribution in [0.3, 0.4) is 0 Å². The standard InChI is InChI=1S/C20H24N4OS/c25-19(15-12-14-4-1-2-5-18(14)23-13-15)24-16-6-8-17(9-7-16)26-20-21-10-3-11-22-20/h3,10-13,16-17H,1-2,4-9H2,(H,24,25). The molecule has 0 aromatic carbocycles. The van der Waals surface area contributed by atoms with E-state index < -0.39 is 0 Å². The van der Waals surface area contributed by atoms with Crippen LogP contribution in [0.5, 0.6) is 0 Å². The van der Waals surface area contributed by atoms with Gasteiger partial charge < -0.3 is 5.32 Å². The molecule has 2 aliphatic rings. The van der Waals surface area contributed by atoms with E-state index in [1.54, 1.807) is 30.4 Å². The van der Waals surface area contributed by atoms with Gasteiger partial charge >= 0.3 is 0 Å². The average Bonchev–Trinajstić information content (AvgIpc) is 2.70. The summed E-state index contributed by atoms with van der Waals surface area (Å²) < 4.78 is 0. The van der Waals surface area contributed by atoms with Crippen LogP contribution >= 0.6 is 11.8 Å². The molecule has 2 heterocycles. The minimum atomic E-state index is 0.0216. The molecule has 4 rings (SSSR count). The van der Waals surface area contributed by atoms with E-state index in [9.17, 15) is 4.79 Å². The zero-order valence-electron chi connectivity index (χ0n) is 14.9. The van der Waals surface area contributed by atoms with Crippen LogP contribution < -0.4 is 5.32 Å². The van der Waals surface area contributed by atoms with Crippen molar-refractivity contribution in [3.05, 3.63) is 47.5 Å². The summed E-state index contributed by atoms with van der Waals surface area (Å²) >= 11 is 1.75. The molecule has 6 heteroatoms. The highest BCUT2D eigenvalue weighted by Crippen LogP contribution is 2.32. The number of nitrogens with zero attached hydrogens (tertiary/aromatic N) is 3. The highest BCUT2D eigenvalue weighted by atomic mass is 32.2. The van der Waals surface area contributed by atoms with Gasteiger partial charge in [-0.1, -0.05) is 11.8 Å². The highest BCUT2D eigenvalue weighted by molar-refractivity contribution is 7.99. The SMILES string of the molecule is O=C(NC1CCC(Sc2ncccn2)CC1)c1cnc2c(c1)CCCC2. The minimum Gasteiger partial charge on any atom is -0.349 e. The monoisotopic (exact) mass is 368 g/mol. The van der Waals surface area contributed by atoms with E-state index in [1.807, 2.05) is 12.1 Å². The van der Waals surface area contributed by atoms with Crippen LogP contribution in [0.4, 0.5) is 0 Å². The summed E-state index contributed by atoms with van der Waals surface area (Å²) in [5.41, 5.74) is 3.14. The second-order valence-electron chi connectivity index (χ2n) is 7.13. The summed E-state index contributed by atoms with van der Waals surface area (Å²) in [7, 11) is 0. The first kappa shape index (κ1) is 17.5. The molecule has 2 aromatic rings. The largest absolute Gasteiger partial charge is 0.349 e. The Hall–Kier alpha value is -1.95. The first-order valence-corrected chi connectivity index (χ1v) is 10.4. The first-order valence-electron chi connectivity index (χ1n) is 9.50. The van der Waals surface area contributed by atoms with Gasteiger partial charge in [-0.15, -0.1) is 0 Å². The number of nitrogens with one attached hydrogen (secondary N) is 1. The Balaban J connectivity index is 1.29. The smallest absolute Gasteiger partial charge is 0.253 e. The lowest BCUT2D eigenvalue weighted by molar-refractivity contribution is 0.0927. The van der Waals surface area contributed by atoms with Crippen molar-refractivity contribution >= 4 is 17.7 Å². The third-order valence-corrected chi connectivity index (χ3v) is 6.48. The number of aryl methyl sites for hydroxylation is 2. The second kappa shape index (κ2) is 8.16. The molecule has 136 valence electrons. The van der Waals surface area contributed by atoms with E-state index in [4.69, 9.17) is 0 Å². The van der Waals surface area contributed by atoms with Gasteiger partial charge in [-0.2, -0.15) is 0 Å². The van der Waals surface area contributed by atoms with Crippen molar-refractivity contribution in [1.29, 1.82) is 0 Å². The number of amides is 1. The van der Waals surface area contributed by atoms with Crippen LogP contribution in [0.25, 0.3) is 0 Å². The third kappa shape index (κ3) is 4.23. The zero-order chi connectivity index (χ0) is 17.8. The van der Waals surface area contributed by atoms with Crippen LogP contribution in [0.15, 0.2) is 35.9 Å². The van der Waals surface area contributed by atoms with Crippen LogP contribution in [0.1, 0.15) is 60.1 Å². The average molecular weight is 369 g/mol. The van der Waals surface area contributed by atoms with Gasteiger partial charge in [0.25, 0.3) is 5.91 Å². The molecule has 0 spiro atoms. The Bertz CT molecular complexity index is 760. The molecular formula is C20H24N4OS. The first-order chi connectivity index (χ1) is 12.8. The number of thioether (sulfide) groups is 1. The molecule has 1 fully saturated rings. The van der Waals surface area contributed by atoms with Crippen molar-refractivity contribution < 1.29 is 4.79 Å². The zero-order valence-corrected chi connectivity index (χ0v) is 15.7. The lowest BCUT2D eigenvalue weighted by Gasteiger charge is -2.28. The van der Waals surface area contributed by atoms with Crippen LogP contribution in [-0.4, -0.2) is 32.2 Å². The summed E-state index contributed by atoms with van der Waals surface area (Å²) in [5, 5.41) is 4.59. The number of aromatic nitrogens is 3. The van der Waals surface area contributed by atoms with Crippen molar-refractivity contribution in [2.45, 2.75) is 67.8 Å². The van der Waals surface area contributed by atoms with Gasteiger partial charge in [0, 0.05) is 35.6 Å². The van der Waals surface area contributed by atoms with E-state index in [-0.39, 0.29) is 11.9 Å². The fourth-order valence-electron chi connectivity index (χ4n) is 3.80. The second-order valence-corrected chi connectivity index (χ2v) is 8.40. The van der Waals surface area contributed by atoms with Gasteiger partial charge in [-0.25, -0.2) is 9.97 Å². The molecular weight excluding hydrogens is 344 g/mol. The fraction of sp³-hybridized carbons (Fsp3) is 0.500. The topological polar surface area (TPSA) is 67.8 Å². The quantitative estimate of drug-likeness (QED) is 0.836. The summed E-state index contributed by atoms with van der Waals surface area (Å²) in [4.78, 5) is 25.7. The van der Waals surface area contributed by atoms with E-state index in [1.165, 1.54) is 24.1 Å². The van der Waals surface area contributed by atoms with Gasteiger partial charge in [0.1, 0.15) is 0 Å². The molecule has 26 heavy (non-hydrogen) atoms. The molecule has 0 aliphatic heterocycles. The highest BCUT2D eigenvalue weighted by Gasteiger charge is 2.24. The number of carbonyl (C=O) groups excluding carboxylic acids is 1. The predicted octanol–water partition coefficient (Wildman–Crippen LogP) is 3.58. The van der Waals surface area contributed by atoms with Crippen LogP contribution in [-0.2, 0) is 12.8 Å². The number of hydrogen-bond donors (Lipinski definition) is 1. The van der Waals surface area contributed by atoms with E-state index >= 15 is 0 Å². The molecule has 0 unspecified atom stereocenters. The van der Waals surface area contributed by atoms with Gasteiger partial charge in [0.2, 0.25) is 0 Å². The Kier molecular flexibility index (Phi) is 5.48. The van der Waals surface area contributed by atoms with Crippen LogP contribution in [0.2, 0.25) is 0 Å². The van der Waals surface area contributed by atoms with Crippen molar-refractivity contribution in [3.8, 4) is 0 Å². The van der Waals surface area contributed by atoms with Gasteiger partial charge in [0.05, 0.1) is 5.56 Å². The molecule has 2 aromatic heterocycles. The molecule has 0 bridgehead atoms. The van der Waals surface area contributed by atoms with Crippen molar-refractivity contribution in [2.24, 2.45) is 0 Å². The molecule has 0 atom stereocenters. The maximum atomic E-state index is 12.6. The maximum Gasteiger partial charge on any atom is 0.253 e. The molecule has 0 radical (unpaired) electrons. The Labute approximate surface area is 158 Å². The Morgan fingerprint density at radius 2 is 1.81 bits per heavy atom. The Morgan fingerprint density at radius 1 is 1.04 bits per heavy atom. The summed E-state index contributed by atoms with van der Waals surface area (Å²) in [6, 6.07) is 4.14. The predicted molar refractivity (Wildman–Crippen MR) is 102 cm³/mol. The molecule has 1 N–H and O–H groups in total. The van der Waals surface area contributed by atoms with E-state index in [2.05, 4.69) is 20.3 Å². The number of fused-ring (bicyclic) bond motifs is 1. The lowest BCUT2D eigenvalue weighted by atomic mass is 9.93. The fourth-order valence-corrected chi connectivity index (χ4v) is 4.85. The normalized spacial score (nSPS) is 22.5. The Morgan fingerprint density at radius 3 is 2.62 bits per heavy atom. The number of carbonyl (C=O) groups is 1. The number of rotatable bonds is 4. The van der Waals surface area contributed by atoms with Crippen molar-refractivity contribution in [2.75, 3.05) is 0 Å². The number of hydrogen-bond acceptors (Lipinski definition) is 5. The molecule has 5 nitrogen and oxygen atoms in total. The molecule has 2 aliphatic carbocycles. The van der Waals surface area contributed by atoms with Gasteiger partial charge in [0.15, 0.2) is 5.16 Å². The van der Waals surface area contributed by atoms with E-state index in [0.717, 1.165) is 43.7 Å². The molecule has 1 saturated carbocycles. The van der Waals surface area contributed by atoms with E-state index in [0.29, 0.717) is 10.8 Å².